The lowest BCUT2D eigenvalue weighted by molar-refractivity contribution is -0.127. The van der Waals surface area contributed by atoms with E-state index in [4.69, 9.17) is 5.26 Å². The highest BCUT2D eigenvalue weighted by Crippen LogP contribution is 2.19. The number of hydrogen-bond acceptors (Lipinski definition) is 3. The average Bonchev–Trinajstić information content (AvgIpc) is 2.67. The molecule has 0 saturated carbocycles. The summed E-state index contributed by atoms with van der Waals surface area (Å²) >= 11 is 0. The van der Waals surface area contributed by atoms with Gasteiger partial charge < -0.3 is 15.1 Å². The molecule has 6 nitrogen and oxygen atoms in total. The van der Waals surface area contributed by atoms with Crippen molar-refractivity contribution in [1.82, 2.24) is 15.1 Å². The maximum Gasteiger partial charge on any atom is 0.317 e. The first kappa shape index (κ1) is 17.0. The minimum Gasteiger partial charge on any atom is -0.339 e. The van der Waals surface area contributed by atoms with Crippen LogP contribution in [0.1, 0.15) is 30.4 Å². The molecule has 1 aromatic carbocycles. The molecular weight excluding hydrogens is 316 g/mol. The van der Waals surface area contributed by atoms with Gasteiger partial charge in [0.1, 0.15) is 0 Å². The highest BCUT2D eigenvalue weighted by molar-refractivity contribution is 5.91. The van der Waals surface area contributed by atoms with Crippen molar-refractivity contribution in [3.63, 3.8) is 0 Å². The Hall–Kier alpha value is -2.81. The van der Waals surface area contributed by atoms with Crippen molar-refractivity contribution in [2.75, 3.05) is 26.2 Å². The number of rotatable bonds is 3. The van der Waals surface area contributed by atoms with Crippen LogP contribution >= 0.6 is 0 Å². The van der Waals surface area contributed by atoms with Gasteiger partial charge in [-0.2, -0.15) is 5.26 Å². The minimum absolute atomic E-state index is 0.0216. The molecule has 3 amide bonds. The molecule has 0 aromatic heterocycles. The second-order valence-electron chi connectivity index (χ2n) is 6.41. The van der Waals surface area contributed by atoms with Crippen LogP contribution < -0.4 is 5.32 Å². The number of carbonyl (C=O) groups is 2. The van der Waals surface area contributed by atoms with Gasteiger partial charge in [-0.25, -0.2) is 4.79 Å². The summed E-state index contributed by atoms with van der Waals surface area (Å²) < 4.78 is 0. The van der Waals surface area contributed by atoms with Crippen LogP contribution in [0, 0.1) is 11.3 Å². The van der Waals surface area contributed by atoms with Crippen molar-refractivity contribution in [2.45, 2.75) is 25.3 Å². The van der Waals surface area contributed by atoms with Gasteiger partial charge in [0.25, 0.3) is 0 Å². The zero-order valence-corrected chi connectivity index (χ0v) is 14.1. The summed E-state index contributed by atoms with van der Waals surface area (Å²) in [6.07, 6.45) is 5.92. The first-order chi connectivity index (χ1) is 12.2. The number of piperidine rings is 1. The Kier molecular flexibility index (Phi) is 5.34. The summed E-state index contributed by atoms with van der Waals surface area (Å²) in [5.41, 5.74) is 1.42. The van der Waals surface area contributed by atoms with Crippen LogP contribution in [0.15, 0.2) is 30.3 Å². The lowest BCUT2D eigenvalue weighted by Gasteiger charge is -2.40. The fourth-order valence-corrected chi connectivity index (χ4v) is 3.38. The number of carbonyl (C=O) groups excluding carboxylic acids is 2. The molecule has 0 radical (unpaired) electrons. The quantitative estimate of drug-likeness (QED) is 0.856. The van der Waals surface area contributed by atoms with Crippen LogP contribution in [0.5, 0.6) is 0 Å². The summed E-state index contributed by atoms with van der Waals surface area (Å²) in [6.45, 7) is 2.88. The summed E-state index contributed by atoms with van der Waals surface area (Å²) in [5, 5.41) is 11.8. The molecule has 6 heteroatoms. The normalized spacial score (nSPS) is 18.9. The number of nitrogens with zero attached hydrogens (tertiary/aromatic N) is 3. The molecule has 3 rings (SSSR count). The monoisotopic (exact) mass is 338 g/mol. The fraction of sp³-hybridized carbons (Fsp3) is 0.421. The topological polar surface area (TPSA) is 76.4 Å². The first-order valence-electron chi connectivity index (χ1n) is 8.69. The number of urea groups is 1. The standard InChI is InChI=1S/C19H22N4O2/c20-14-16-4-1-3-15(13-16)5-6-18(24)22-11-7-17(8-12-22)23-10-2-9-21-19(23)25/h1,3-6,13,17H,2,7-12H2,(H,21,25)/b6-5+. The molecular formula is C19H22N4O2. The molecule has 1 aromatic rings. The highest BCUT2D eigenvalue weighted by Gasteiger charge is 2.30. The van der Waals surface area contributed by atoms with Gasteiger partial charge in [-0.05, 0) is 43.0 Å². The van der Waals surface area contributed by atoms with Crippen molar-refractivity contribution >= 4 is 18.0 Å². The minimum atomic E-state index is -0.0242. The summed E-state index contributed by atoms with van der Waals surface area (Å²) in [7, 11) is 0. The van der Waals surface area contributed by atoms with Crippen molar-refractivity contribution in [2.24, 2.45) is 0 Å². The number of amides is 3. The van der Waals surface area contributed by atoms with E-state index in [1.54, 1.807) is 30.4 Å². The second-order valence-corrected chi connectivity index (χ2v) is 6.41. The molecule has 2 heterocycles. The smallest absolute Gasteiger partial charge is 0.317 e. The Balaban J connectivity index is 1.53. The van der Waals surface area contributed by atoms with Crippen LogP contribution in [-0.2, 0) is 4.79 Å². The van der Waals surface area contributed by atoms with Gasteiger partial charge in [-0.1, -0.05) is 12.1 Å². The maximum atomic E-state index is 12.4. The SMILES string of the molecule is N#Cc1cccc(/C=C/C(=O)N2CCC(N3CCCNC3=O)CC2)c1. The molecule has 0 aliphatic carbocycles. The number of nitriles is 1. The van der Waals surface area contributed by atoms with Crippen LogP contribution in [0.4, 0.5) is 4.79 Å². The zero-order chi connectivity index (χ0) is 17.6. The Morgan fingerprint density at radius 1 is 1.28 bits per heavy atom. The Morgan fingerprint density at radius 3 is 2.80 bits per heavy atom. The predicted octanol–water partition coefficient (Wildman–Crippen LogP) is 1.98. The molecule has 2 aliphatic heterocycles. The van der Waals surface area contributed by atoms with Gasteiger partial charge in [-0.15, -0.1) is 0 Å². The van der Waals surface area contributed by atoms with Gasteiger partial charge in [-0.3, -0.25) is 4.79 Å². The van der Waals surface area contributed by atoms with E-state index in [1.807, 2.05) is 15.9 Å². The van der Waals surface area contributed by atoms with Crippen LogP contribution in [-0.4, -0.2) is 54.0 Å². The molecule has 2 fully saturated rings. The molecule has 130 valence electrons. The summed E-state index contributed by atoms with van der Waals surface area (Å²) in [5.74, 6) is -0.0242. The van der Waals surface area contributed by atoms with E-state index in [9.17, 15) is 9.59 Å². The van der Waals surface area contributed by atoms with E-state index in [-0.39, 0.29) is 18.0 Å². The van der Waals surface area contributed by atoms with E-state index >= 15 is 0 Å². The lowest BCUT2D eigenvalue weighted by Crippen LogP contribution is -2.54. The van der Waals surface area contributed by atoms with Gasteiger partial charge in [0, 0.05) is 38.3 Å². The largest absolute Gasteiger partial charge is 0.339 e. The van der Waals surface area contributed by atoms with Crippen LogP contribution in [0.3, 0.4) is 0 Å². The summed E-state index contributed by atoms with van der Waals surface area (Å²) in [4.78, 5) is 28.0. The Bertz CT molecular complexity index is 714. The van der Waals surface area contributed by atoms with E-state index < -0.39 is 0 Å². The third-order valence-electron chi connectivity index (χ3n) is 4.76. The molecule has 0 spiro atoms. The molecule has 0 bridgehead atoms. The number of nitrogens with one attached hydrogen (secondary N) is 1. The van der Waals surface area contributed by atoms with Gasteiger partial charge >= 0.3 is 6.03 Å². The van der Waals surface area contributed by atoms with Crippen molar-refractivity contribution in [3.05, 3.63) is 41.5 Å². The van der Waals surface area contributed by atoms with Gasteiger partial charge in [0.2, 0.25) is 5.91 Å². The Morgan fingerprint density at radius 2 is 2.08 bits per heavy atom. The van der Waals surface area contributed by atoms with Crippen LogP contribution in [0.25, 0.3) is 6.08 Å². The average molecular weight is 338 g/mol. The van der Waals surface area contributed by atoms with Gasteiger partial charge in [0.05, 0.1) is 11.6 Å². The highest BCUT2D eigenvalue weighted by atomic mass is 16.2. The van der Waals surface area contributed by atoms with Gasteiger partial charge in [0.15, 0.2) is 0 Å². The van der Waals surface area contributed by atoms with Crippen LogP contribution in [0.2, 0.25) is 0 Å². The van der Waals surface area contributed by atoms with E-state index in [1.165, 1.54) is 0 Å². The van der Waals surface area contributed by atoms with E-state index in [0.717, 1.165) is 37.9 Å². The molecule has 0 unspecified atom stereocenters. The molecule has 0 atom stereocenters. The van der Waals surface area contributed by atoms with E-state index in [0.29, 0.717) is 18.7 Å². The fourth-order valence-electron chi connectivity index (χ4n) is 3.38. The maximum absolute atomic E-state index is 12.4. The predicted molar refractivity (Wildman–Crippen MR) is 94.5 cm³/mol. The van der Waals surface area contributed by atoms with Crippen molar-refractivity contribution < 1.29 is 9.59 Å². The zero-order valence-electron chi connectivity index (χ0n) is 14.1. The third kappa shape index (κ3) is 4.18. The van der Waals surface area contributed by atoms with Crippen molar-refractivity contribution in [3.8, 4) is 6.07 Å². The number of likely N-dealkylation sites (tertiary alicyclic amines) is 1. The Labute approximate surface area is 147 Å². The lowest BCUT2D eigenvalue weighted by atomic mass is 10.0. The summed E-state index contributed by atoms with van der Waals surface area (Å²) in [6, 6.07) is 9.50. The molecule has 2 saturated heterocycles. The van der Waals surface area contributed by atoms with E-state index in [2.05, 4.69) is 11.4 Å². The molecule has 1 N–H and O–H groups in total. The number of benzene rings is 1. The molecule has 2 aliphatic rings. The third-order valence-corrected chi connectivity index (χ3v) is 4.76. The van der Waals surface area contributed by atoms with Crippen molar-refractivity contribution in [1.29, 1.82) is 5.26 Å². The second kappa shape index (κ2) is 7.84. The number of hydrogen-bond donors (Lipinski definition) is 1. The first-order valence-corrected chi connectivity index (χ1v) is 8.69. The molecule has 25 heavy (non-hydrogen) atoms.